The predicted octanol–water partition coefficient (Wildman–Crippen LogP) is 0.773. The molecule has 1 heterocycles. The molecule has 1 saturated carbocycles. The van der Waals surface area contributed by atoms with Crippen molar-refractivity contribution in [1.82, 2.24) is 5.32 Å². The van der Waals surface area contributed by atoms with Crippen LogP contribution in [0.4, 0.5) is 0 Å². The van der Waals surface area contributed by atoms with Crippen LogP contribution in [0.5, 0.6) is 0 Å². The Labute approximate surface area is 61.9 Å². The number of nitrogens with one attached hydrogen (secondary N) is 1. The Morgan fingerprint density at radius 1 is 1.40 bits per heavy atom. The molecule has 2 nitrogen and oxygen atoms in total. The van der Waals surface area contributed by atoms with Gasteiger partial charge >= 0.3 is 0 Å². The van der Waals surface area contributed by atoms with Gasteiger partial charge in [-0.3, -0.25) is 0 Å². The summed E-state index contributed by atoms with van der Waals surface area (Å²) in [4.78, 5) is 0. The SMILES string of the molecule is COC1CNC(C2CC2)C1. The van der Waals surface area contributed by atoms with Gasteiger partial charge < -0.3 is 10.1 Å². The van der Waals surface area contributed by atoms with Crippen molar-refractivity contribution < 1.29 is 4.74 Å². The molecule has 2 rings (SSSR count). The van der Waals surface area contributed by atoms with E-state index < -0.39 is 0 Å². The lowest BCUT2D eigenvalue weighted by molar-refractivity contribution is 0.117. The van der Waals surface area contributed by atoms with Crippen LogP contribution in [0.2, 0.25) is 0 Å². The molecule has 2 unspecified atom stereocenters. The average Bonchev–Trinajstić information content (AvgIpc) is 2.70. The lowest BCUT2D eigenvalue weighted by atomic mass is 10.1. The number of ether oxygens (including phenoxy) is 1. The number of rotatable bonds is 2. The molecule has 0 aromatic carbocycles. The molecule has 0 radical (unpaired) electrons. The standard InChI is InChI=1S/C8H15NO/c1-10-7-4-8(9-5-7)6-2-3-6/h6-9H,2-5H2,1H3. The minimum absolute atomic E-state index is 0.491. The van der Waals surface area contributed by atoms with Crippen molar-refractivity contribution >= 4 is 0 Å². The summed E-state index contributed by atoms with van der Waals surface area (Å²) in [6.07, 6.45) is 4.61. The largest absolute Gasteiger partial charge is 0.380 e. The Morgan fingerprint density at radius 3 is 2.70 bits per heavy atom. The highest BCUT2D eigenvalue weighted by Crippen LogP contribution is 2.36. The van der Waals surface area contributed by atoms with Gasteiger partial charge in [0.25, 0.3) is 0 Å². The topological polar surface area (TPSA) is 21.3 Å². The number of hydrogen-bond donors (Lipinski definition) is 1. The van der Waals surface area contributed by atoms with E-state index in [0.29, 0.717) is 6.10 Å². The summed E-state index contributed by atoms with van der Waals surface area (Å²) < 4.78 is 5.26. The number of hydrogen-bond acceptors (Lipinski definition) is 2. The molecule has 0 spiro atoms. The molecule has 10 heavy (non-hydrogen) atoms. The Hall–Kier alpha value is -0.0800. The average molecular weight is 141 g/mol. The summed E-state index contributed by atoms with van der Waals surface area (Å²) in [6.45, 7) is 1.07. The molecule has 2 heteroatoms. The molecule has 1 aliphatic heterocycles. The van der Waals surface area contributed by atoms with Crippen molar-refractivity contribution in [3.8, 4) is 0 Å². The fraction of sp³-hybridized carbons (Fsp3) is 1.00. The Kier molecular flexibility index (Phi) is 1.66. The summed E-state index contributed by atoms with van der Waals surface area (Å²) >= 11 is 0. The van der Waals surface area contributed by atoms with Gasteiger partial charge in [0.1, 0.15) is 0 Å². The fourth-order valence-corrected chi connectivity index (χ4v) is 1.77. The molecule has 2 aliphatic rings. The molecule has 2 atom stereocenters. The maximum absolute atomic E-state index is 5.26. The van der Waals surface area contributed by atoms with E-state index in [0.717, 1.165) is 18.5 Å². The molecule has 1 aliphatic carbocycles. The smallest absolute Gasteiger partial charge is 0.0710 e. The third-order valence-electron chi connectivity index (χ3n) is 2.65. The maximum atomic E-state index is 5.26. The second-order valence-electron chi connectivity index (χ2n) is 3.45. The van der Waals surface area contributed by atoms with Crippen LogP contribution in [0, 0.1) is 5.92 Å². The first-order valence-electron chi connectivity index (χ1n) is 4.16. The van der Waals surface area contributed by atoms with Crippen molar-refractivity contribution in [3.63, 3.8) is 0 Å². The van der Waals surface area contributed by atoms with Crippen LogP contribution < -0.4 is 5.32 Å². The van der Waals surface area contributed by atoms with Crippen LogP contribution in [0.25, 0.3) is 0 Å². The quantitative estimate of drug-likeness (QED) is 0.613. The molecule has 0 aromatic rings. The van der Waals surface area contributed by atoms with E-state index in [2.05, 4.69) is 5.32 Å². The fourth-order valence-electron chi connectivity index (χ4n) is 1.77. The van der Waals surface area contributed by atoms with Crippen molar-refractivity contribution in [2.24, 2.45) is 5.92 Å². The summed E-state index contributed by atoms with van der Waals surface area (Å²) in [5.74, 6) is 0.986. The molecule has 2 fully saturated rings. The molecule has 58 valence electrons. The molecular formula is C8H15NO. The first-order chi connectivity index (χ1) is 4.90. The first-order valence-corrected chi connectivity index (χ1v) is 4.16. The molecule has 0 aromatic heterocycles. The number of methoxy groups -OCH3 is 1. The van der Waals surface area contributed by atoms with Crippen molar-refractivity contribution in [3.05, 3.63) is 0 Å². The van der Waals surface area contributed by atoms with Crippen LogP contribution in [-0.2, 0) is 4.74 Å². The van der Waals surface area contributed by atoms with Crippen molar-refractivity contribution in [2.75, 3.05) is 13.7 Å². The normalized spacial score (nSPS) is 40.5. The van der Waals surface area contributed by atoms with Crippen LogP contribution in [0.3, 0.4) is 0 Å². The summed E-state index contributed by atoms with van der Waals surface area (Å²) in [5, 5.41) is 3.49. The third-order valence-corrected chi connectivity index (χ3v) is 2.65. The predicted molar refractivity (Wildman–Crippen MR) is 39.9 cm³/mol. The van der Waals surface area contributed by atoms with Gasteiger partial charge in [0.2, 0.25) is 0 Å². The summed E-state index contributed by atoms with van der Waals surface area (Å²) in [5.41, 5.74) is 0. The Morgan fingerprint density at radius 2 is 2.20 bits per heavy atom. The summed E-state index contributed by atoms with van der Waals surface area (Å²) in [7, 11) is 1.81. The second-order valence-corrected chi connectivity index (χ2v) is 3.45. The highest BCUT2D eigenvalue weighted by atomic mass is 16.5. The van der Waals surface area contributed by atoms with E-state index in [4.69, 9.17) is 4.74 Å². The van der Waals surface area contributed by atoms with Crippen molar-refractivity contribution in [2.45, 2.75) is 31.4 Å². The van der Waals surface area contributed by atoms with Gasteiger partial charge in [-0.1, -0.05) is 0 Å². The zero-order valence-electron chi connectivity index (χ0n) is 6.47. The third kappa shape index (κ3) is 1.18. The van der Waals surface area contributed by atoms with Gasteiger partial charge in [0, 0.05) is 19.7 Å². The monoisotopic (exact) mass is 141 g/mol. The van der Waals surface area contributed by atoms with Crippen molar-refractivity contribution in [1.29, 1.82) is 0 Å². The van der Waals surface area contributed by atoms with Gasteiger partial charge in [-0.2, -0.15) is 0 Å². The highest BCUT2D eigenvalue weighted by Gasteiger charge is 2.36. The van der Waals surface area contributed by atoms with E-state index in [1.807, 2.05) is 7.11 Å². The molecule has 1 N–H and O–H groups in total. The van der Waals surface area contributed by atoms with Gasteiger partial charge in [-0.25, -0.2) is 0 Å². The van der Waals surface area contributed by atoms with Gasteiger partial charge in [0.05, 0.1) is 6.10 Å². The lowest BCUT2D eigenvalue weighted by Gasteiger charge is -2.06. The van der Waals surface area contributed by atoms with Crippen LogP contribution in [-0.4, -0.2) is 25.8 Å². The minimum atomic E-state index is 0.491. The lowest BCUT2D eigenvalue weighted by Crippen LogP contribution is -2.23. The van der Waals surface area contributed by atoms with Crippen LogP contribution in [0.1, 0.15) is 19.3 Å². The first kappa shape index (κ1) is 6.62. The van der Waals surface area contributed by atoms with E-state index >= 15 is 0 Å². The Bertz CT molecular complexity index is 122. The van der Waals surface area contributed by atoms with E-state index in [9.17, 15) is 0 Å². The zero-order chi connectivity index (χ0) is 6.97. The molecule has 1 saturated heterocycles. The van der Waals surface area contributed by atoms with Crippen LogP contribution in [0.15, 0.2) is 0 Å². The molecule has 0 amide bonds. The molecule has 0 bridgehead atoms. The Balaban J connectivity index is 1.81. The molecular weight excluding hydrogens is 126 g/mol. The maximum Gasteiger partial charge on any atom is 0.0710 e. The van der Waals surface area contributed by atoms with Gasteiger partial charge in [0.15, 0.2) is 0 Å². The van der Waals surface area contributed by atoms with Crippen LogP contribution >= 0.6 is 0 Å². The van der Waals surface area contributed by atoms with E-state index in [1.165, 1.54) is 19.3 Å². The highest BCUT2D eigenvalue weighted by molar-refractivity contribution is 4.93. The van der Waals surface area contributed by atoms with Gasteiger partial charge in [-0.15, -0.1) is 0 Å². The van der Waals surface area contributed by atoms with E-state index in [1.54, 1.807) is 0 Å². The van der Waals surface area contributed by atoms with E-state index in [-0.39, 0.29) is 0 Å². The minimum Gasteiger partial charge on any atom is -0.380 e. The second kappa shape index (κ2) is 2.51. The summed E-state index contributed by atoms with van der Waals surface area (Å²) in [6, 6.07) is 0.782. The zero-order valence-corrected chi connectivity index (χ0v) is 6.47. The van der Waals surface area contributed by atoms with Gasteiger partial charge in [-0.05, 0) is 25.2 Å².